The standard InChI is InChI=1S/C14H14N4O2S/c1-9-15-10(8-21-9)7-17(2)13-12(14(19)20)18-6-4-3-5-11(18)16-13/h3-6,8H,7H2,1-2H3,(H,19,20). The largest absolute Gasteiger partial charge is 0.476 e. The number of thiazole rings is 1. The molecule has 0 aliphatic carbocycles. The molecular formula is C14H14N4O2S. The summed E-state index contributed by atoms with van der Waals surface area (Å²) in [5.74, 6) is -0.552. The van der Waals surface area contributed by atoms with Crippen LogP contribution in [0.5, 0.6) is 0 Å². The van der Waals surface area contributed by atoms with Crippen LogP contribution in [0.2, 0.25) is 0 Å². The quantitative estimate of drug-likeness (QED) is 0.801. The fourth-order valence-corrected chi connectivity index (χ4v) is 2.85. The van der Waals surface area contributed by atoms with Crippen LogP contribution in [0.1, 0.15) is 21.2 Å². The van der Waals surface area contributed by atoms with E-state index >= 15 is 0 Å². The molecule has 0 saturated carbocycles. The summed E-state index contributed by atoms with van der Waals surface area (Å²) in [7, 11) is 1.82. The highest BCUT2D eigenvalue weighted by atomic mass is 32.1. The highest BCUT2D eigenvalue weighted by molar-refractivity contribution is 7.09. The average Bonchev–Trinajstić information content (AvgIpc) is 3.02. The molecule has 3 rings (SSSR count). The third-order valence-electron chi connectivity index (χ3n) is 3.14. The van der Waals surface area contributed by atoms with E-state index in [-0.39, 0.29) is 5.69 Å². The maximum atomic E-state index is 11.6. The molecule has 7 heteroatoms. The number of anilines is 1. The summed E-state index contributed by atoms with van der Waals surface area (Å²) in [4.78, 5) is 22.2. The van der Waals surface area contributed by atoms with Crippen molar-refractivity contribution in [3.8, 4) is 0 Å². The van der Waals surface area contributed by atoms with Crippen LogP contribution in [0, 0.1) is 6.92 Å². The minimum absolute atomic E-state index is 0.167. The number of nitrogens with zero attached hydrogens (tertiary/aromatic N) is 4. The Morgan fingerprint density at radius 1 is 1.43 bits per heavy atom. The molecule has 0 aromatic carbocycles. The summed E-state index contributed by atoms with van der Waals surface area (Å²) in [5.41, 5.74) is 1.69. The molecular weight excluding hydrogens is 288 g/mol. The zero-order chi connectivity index (χ0) is 15.0. The molecule has 0 bridgehead atoms. The van der Waals surface area contributed by atoms with Gasteiger partial charge in [-0.05, 0) is 19.1 Å². The number of aromatic nitrogens is 3. The van der Waals surface area contributed by atoms with Gasteiger partial charge in [-0.1, -0.05) is 6.07 Å². The van der Waals surface area contributed by atoms with Gasteiger partial charge in [0.25, 0.3) is 0 Å². The van der Waals surface area contributed by atoms with Gasteiger partial charge in [0.2, 0.25) is 0 Å². The Kier molecular flexibility index (Phi) is 3.34. The molecule has 0 aliphatic rings. The van der Waals surface area contributed by atoms with Crippen LogP contribution in [0.25, 0.3) is 5.65 Å². The van der Waals surface area contributed by atoms with E-state index in [2.05, 4.69) is 9.97 Å². The Hall–Kier alpha value is -2.41. The summed E-state index contributed by atoms with van der Waals surface area (Å²) >= 11 is 1.58. The molecule has 21 heavy (non-hydrogen) atoms. The first-order valence-corrected chi connectivity index (χ1v) is 7.27. The second kappa shape index (κ2) is 5.17. The first kappa shape index (κ1) is 13.6. The summed E-state index contributed by atoms with van der Waals surface area (Å²) in [6.07, 6.45) is 1.70. The molecule has 3 heterocycles. The molecule has 0 spiro atoms. The van der Waals surface area contributed by atoms with E-state index in [0.717, 1.165) is 10.7 Å². The van der Waals surface area contributed by atoms with Crippen molar-refractivity contribution < 1.29 is 9.90 Å². The first-order chi connectivity index (χ1) is 10.1. The predicted octanol–water partition coefficient (Wildman–Crippen LogP) is 2.43. The lowest BCUT2D eigenvalue weighted by atomic mass is 10.3. The third-order valence-corrected chi connectivity index (χ3v) is 3.96. The third kappa shape index (κ3) is 2.47. The van der Waals surface area contributed by atoms with E-state index in [1.165, 1.54) is 0 Å². The fourth-order valence-electron chi connectivity index (χ4n) is 2.25. The van der Waals surface area contributed by atoms with Gasteiger partial charge in [0.1, 0.15) is 5.65 Å². The van der Waals surface area contributed by atoms with Crippen LogP contribution < -0.4 is 4.90 Å². The Labute approximate surface area is 125 Å². The number of aryl methyl sites for hydroxylation is 1. The number of carboxylic acids is 1. The lowest BCUT2D eigenvalue weighted by Crippen LogP contribution is -2.20. The number of fused-ring (bicyclic) bond motifs is 1. The Balaban J connectivity index is 2.02. The molecule has 0 fully saturated rings. The number of carboxylic acid groups (broad SMARTS) is 1. The van der Waals surface area contributed by atoms with Crippen molar-refractivity contribution in [2.75, 3.05) is 11.9 Å². The van der Waals surface area contributed by atoms with Crippen molar-refractivity contribution in [2.24, 2.45) is 0 Å². The van der Waals surface area contributed by atoms with Gasteiger partial charge in [-0.25, -0.2) is 14.8 Å². The van der Waals surface area contributed by atoms with Crippen molar-refractivity contribution in [3.05, 3.63) is 46.2 Å². The van der Waals surface area contributed by atoms with Crippen molar-refractivity contribution in [2.45, 2.75) is 13.5 Å². The number of rotatable bonds is 4. The monoisotopic (exact) mass is 302 g/mol. The highest BCUT2D eigenvalue weighted by Crippen LogP contribution is 2.22. The molecule has 108 valence electrons. The number of carbonyl (C=O) groups is 1. The Morgan fingerprint density at radius 2 is 2.24 bits per heavy atom. The van der Waals surface area contributed by atoms with Gasteiger partial charge in [0, 0.05) is 18.6 Å². The normalized spacial score (nSPS) is 11.0. The minimum atomic E-state index is -0.995. The number of imidazole rings is 1. The molecule has 0 amide bonds. The zero-order valence-electron chi connectivity index (χ0n) is 11.6. The van der Waals surface area contributed by atoms with E-state index in [1.807, 2.05) is 30.3 Å². The molecule has 0 aliphatic heterocycles. The van der Waals surface area contributed by atoms with Gasteiger partial charge >= 0.3 is 5.97 Å². The molecule has 1 N–H and O–H groups in total. The van der Waals surface area contributed by atoms with Crippen LogP contribution in [0.4, 0.5) is 5.82 Å². The van der Waals surface area contributed by atoms with E-state index in [9.17, 15) is 9.90 Å². The molecule has 0 atom stereocenters. The molecule has 0 unspecified atom stereocenters. The summed E-state index contributed by atoms with van der Waals surface area (Å²) in [5, 5.41) is 12.4. The van der Waals surface area contributed by atoms with Gasteiger partial charge in [0.15, 0.2) is 11.5 Å². The van der Waals surface area contributed by atoms with E-state index in [1.54, 1.807) is 34.1 Å². The van der Waals surface area contributed by atoms with E-state index in [4.69, 9.17) is 0 Å². The van der Waals surface area contributed by atoms with Crippen LogP contribution in [0.15, 0.2) is 29.8 Å². The van der Waals surface area contributed by atoms with E-state index in [0.29, 0.717) is 18.0 Å². The van der Waals surface area contributed by atoms with Crippen LogP contribution in [-0.2, 0) is 6.54 Å². The molecule has 3 aromatic rings. The number of hydrogen-bond acceptors (Lipinski definition) is 5. The molecule has 6 nitrogen and oxygen atoms in total. The SMILES string of the molecule is Cc1nc(CN(C)c2nc3ccccn3c2C(=O)O)cs1. The second-order valence-corrected chi connectivity index (χ2v) is 5.79. The summed E-state index contributed by atoms with van der Waals surface area (Å²) in [6.45, 7) is 2.47. The van der Waals surface area contributed by atoms with Crippen molar-refractivity contribution >= 4 is 28.8 Å². The predicted molar refractivity (Wildman–Crippen MR) is 81.1 cm³/mol. The first-order valence-electron chi connectivity index (χ1n) is 6.39. The van der Waals surface area contributed by atoms with Crippen LogP contribution >= 0.6 is 11.3 Å². The maximum absolute atomic E-state index is 11.6. The van der Waals surface area contributed by atoms with Gasteiger partial charge in [-0.3, -0.25) is 4.40 Å². The molecule has 0 radical (unpaired) electrons. The number of pyridine rings is 1. The average molecular weight is 302 g/mol. The fraction of sp³-hybridized carbons (Fsp3) is 0.214. The lowest BCUT2D eigenvalue weighted by molar-refractivity contribution is 0.0690. The van der Waals surface area contributed by atoms with Crippen molar-refractivity contribution in [3.63, 3.8) is 0 Å². The van der Waals surface area contributed by atoms with E-state index < -0.39 is 5.97 Å². The smallest absolute Gasteiger partial charge is 0.356 e. The Bertz CT molecular complexity index is 808. The second-order valence-electron chi connectivity index (χ2n) is 4.73. The molecule has 3 aromatic heterocycles. The minimum Gasteiger partial charge on any atom is -0.476 e. The lowest BCUT2D eigenvalue weighted by Gasteiger charge is -2.15. The van der Waals surface area contributed by atoms with Crippen LogP contribution in [-0.4, -0.2) is 32.5 Å². The maximum Gasteiger partial charge on any atom is 0.356 e. The van der Waals surface area contributed by atoms with Gasteiger partial charge in [-0.15, -0.1) is 11.3 Å². The van der Waals surface area contributed by atoms with Gasteiger partial charge in [0.05, 0.1) is 17.2 Å². The van der Waals surface area contributed by atoms with Gasteiger partial charge in [-0.2, -0.15) is 0 Å². The summed E-state index contributed by atoms with van der Waals surface area (Å²) < 4.78 is 1.58. The molecule has 0 saturated heterocycles. The van der Waals surface area contributed by atoms with Crippen molar-refractivity contribution in [1.29, 1.82) is 0 Å². The highest BCUT2D eigenvalue weighted by Gasteiger charge is 2.21. The zero-order valence-corrected chi connectivity index (χ0v) is 12.5. The Morgan fingerprint density at radius 3 is 2.90 bits per heavy atom. The number of hydrogen-bond donors (Lipinski definition) is 1. The van der Waals surface area contributed by atoms with Gasteiger partial charge < -0.3 is 10.0 Å². The van der Waals surface area contributed by atoms with Crippen molar-refractivity contribution in [1.82, 2.24) is 14.4 Å². The van der Waals surface area contributed by atoms with Crippen LogP contribution in [0.3, 0.4) is 0 Å². The topological polar surface area (TPSA) is 70.7 Å². The summed E-state index contributed by atoms with van der Waals surface area (Å²) in [6, 6.07) is 5.41. The number of aromatic carboxylic acids is 1.